The molecule has 1 atom stereocenters. The standard InChI is InChI=1S/C22H36N4O/c1-6-18(7-2)20-12-14-26(16-20)22(23-3)24-13-11-17-9-8-10-19(15-17)21(27)25(4)5/h8-10,15,18,20H,6-7,11-14,16H2,1-5H3,(H,23,24). The molecule has 2 rings (SSSR count). The van der Waals surface area contributed by atoms with Gasteiger partial charge in [-0.25, -0.2) is 0 Å². The van der Waals surface area contributed by atoms with Crippen LogP contribution in [-0.4, -0.2) is 62.4 Å². The fourth-order valence-electron chi connectivity index (χ4n) is 4.09. The van der Waals surface area contributed by atoms with Crippen molar-refractivity contribution in [2.45, 2.75) is 39.5 Å². The molecule has 1 N–H and O–H groups in total. The van der Waals surface area contributed by atoms with Crippen LogP contribution in [0, 0.1) is 11.8 Å². The topological polar surface area (TPSA) is 47.9 Å². The number of hydrogen-bond acceptors (Lipinski definition) is 2. The minimum Gasteiger partial charge on any atom is -0.356 e. The van der Waals surface area contributed by atoms with E-state index in [-0.39, 0.29) is 5.91 Å². The lowest BCUT2D eigenvalue weighted by Crippen LogP contribution is -2.41. The molecular formula is C22H36N4O. The van der Waals surface area contributed by atoms with Crippen molar-refractivity contribution in [2.24, 2.45) is 16.8 Å². The molecule has 0 aliphatic carbocycles. The number of hydrogen-bond donors (Lipinski definition) is 1. The number of rotatable bonds is 7. The smallest absolute Gasteiger partial charge is 0.253 e. The number of likely N-dealkylation sites (tertiary alicyclic amines) is 1. The number of amides is 1. The molecule has 0 radical (unpaired) electrons. The van der Waals surface area contributed by atoms with Crippen molar-refractivity contribution in [3.05, 3.63) is 35.4 Å². The van der Waals surface area contributed by atoms with Gasteiger partial charge in [-0.15, -0.1) is 0 Å². The van der Waals surface area contributed by atoms with E-state index in [1.807, 2.05) is 25.2 Å². The Kier molecular flexibility index (Phi) is 8.14. The number of nitrogens with zero attached hydrogens (tertiary/aromatic N) is 3. The Bertz CT molecular complexity index is 637. The van der Waals surface area contributed by atoms with Crippen molar-refractivity contribution in [3.8, 4) is 0 Å². The van der Waals surface area contributed by atoms with Crippen LogP contribution >= 0.6 is 0 Å². The predicted molar refractivity (Wildman–Crippen MR) is 113 cm³/mol. The number of carbonyl (C=O) groups excluding carboxylic acids is 1. The van der Waals surface area contributed by atoms with E-state index in [1.54, 1.807) is 19.0 Å². The van der Waals surface area contributed by atoms with E-state index >= 15 is 0 Å². The third-order valence-electron chi connectivity index (χ3n) is 5.73. The first-order chi connectivity index (χ1) is 13.0. The highest BCUT2D eigenvalue weighted by Gasteiger charge is 2.29. The maximum Gasteiger partial charge on any atom is 0.253 e. The van der Waals surface area contributed by atoms with Gasteiger partial charge in [-0.2, -0.15) is 0 Å². The Morgan fingerprint density at radius 1 is 1.33 bits per heavy atom. The number of nitrogens with one attached hydrogen (secondary N) is 1. The Morgan fingerprint density at radius 3 is 2.70 bits per heavy atom. The summed E-state index contributed by atoms with van der Waals surface area (Å²) in [5, 5.41) is 3.51. The number of guanidine groups is 1. The van der Waals surface area contributed by atoms with Crippen LogP contribution in [0.2, 0.25) is 0 Å². The molecule has 0 saturated carbocycles. The first kappa shape index (κ1) is 21.3. The van der Waals surface area contributed by atoms with Gasteiger partial charge in [0.25, 0.3) is 5.91 Å². The summed E-state index contributed by atoms with van der Waals surface area (Å²) in [6.45, 7) is 7.63. The molecular weight excluding hydrogens is 336 g/mol. The molecule has 1 aromatic carbocycles. The van der Waals surface area contributed by atoms with Crippen molar-refractivity contribution in [3.63, 3.8) is 0 Å². The van der Waals surface area contributed by atoms with Crippen LogP contribution in [0.25, 0.3) is 0 Å². The Balaban J connectivity index is 1.87. The van der Waals surface area contributed by atoms with Gasteiger partial charge in [0.05, 0.1) is 0 Å². The molecule has 5 heteroatoms. The lowest BCUT2D eigenvalue weighted by molar-refractivity contribution is 0.0827. The van der Waals surface area contributed by atoms with E-state index in [9.17, 15) is 4.79 Å². The summed E-state index contributed by atoms with van der Waals surface area (Å²) < 4.78 is 0. The Hall–Kier alpha value is -2.04. The molecule has 0 aromatic heterocycles. The van der Waals surface area contributed by atoms with Gasteiger partial charge < -0.3 is 15.1 Å². The summed E-state index contributed by atoms with van der Waals surface area (Å²) in [6, 6.07) is 7.91. The lowest BCUT2D eigenvalue weighted by Gasteiger charge is -2.24. The summed E-state index contributed by atoms with van der Waals surface area (Å²) in [5.41, 5.74) is 1.91. The van der Waals surface area contributed by atoms with Crippen LogP contribution in [-0.2, 0) is 6.42 Å². The number of aliphatic imine (C=N–C) groups is 1. The molecule has 1 aliphatic rings. The van der Waals surface area contributed by atoms with E-state index in [2.05, 4.69) is 35.1 Å². The SMILES string of the molecule is CCC(CC)C1CCN(C(=NC)NCCc2cccc(C(=O)N(C)C)c2)C1. The Labute approximate surface area is 164 Å². The second-order valence-corrected chi connectivity index (χ2v) is 7.70. The zero-order chi connectivity index (χ0) is 19.8. The van der Waals surface area contributed by atoms with Gasteiger partial charge in [-0.05, 0) is 42.4 Å². The second kappa shape index (κ2) is 10.3. The molecule has 1 fully saturated rings. The van der Waals surface area contributed by atoms with E-state index < -0.39 is 0 Å². The summed E-state index contributed by atoms with van der Waals surface area (Å²) in [7, 11) is 5.43. The normalized spacial score (nSPS) is 17.5. The highest BCUT2D eigenvalue weighted by Crippen LogP contribution is 2.28. The molecule has 1 heterocycles. The molecule has 1 aromatic rings. The molecule has 1 amide bonds. The van der Waals surface area contributed by atoms with E-state index in [4.69, 9.17) is 0 Å². The summed E-state index contributed by atoms with van der Waals surface area (Å²) >= 11 is 0. The van der Waals surface area contributed by atoms with Crippen LogP contribution in [0.5, 0.6) is 0 Å². The van der Waals surface area contributed by atoms with Crippen molar-refractivity contribution in [1.82, 2.24) is 15.1 Å². The van der Waals surface area contributed by atoms with Gasteiger partial charge in [0.2, 0.25) is 0 Å². The summed E-state index contributed by atoms with van der Waals surface area (Å²) in [6.07, 6.45) is 4.67. The molecule has 5 nitrogen and oxygen atoms in total. The third kappa shape index (κ3) is 5.72. The van der Waals surface area contributed by atoms with E-state index in [0.29, 0.717) is 0 Å². The Morgan fingerprint density at radius 2 is 2.07 bits per heavy atom. The minimum absolute atomic E-state index is 0.0464. The van der Waals surface area contributed by atoms with Crippen molar-refractivity contribution < 1.29 is 4.79 Å². The van der Waals surface area contributed by atoms with E-state index in [1.165, 1.54) is 24.8 Å². The zero-order valence-corrected chi connectivity index (χ0v) is 17.7. The average molecular weight is 373 g/mol. The maximum absolute atomic E-state index is 12.1. The molecule has 1 unspecified atom stereocenters. The first-order valence-corrected chi connectivity index (χ1v) is 10.3. The summed E-state index contributed by atoms with van der Waals surface area (Å²) in [5.74, 6) is 2.66. The number of benzene rings is 1. The molecule has 150 valence electrons. The molecule has 0 bridgehead atoms. The zero-order valence-electron chi connectivity index (χ0n) is 17.7. The quantitative estimate of drug-likeness (QED) is 0.590. The minimum atomic E-state index is 0.0464. The molecule has 0 spiro atoms. The van der Waals surface area contributed by atoms with Crippen molar-refractivity contribution >= 4 is 11.9 Å². The largest absolute Gasteiger partial charge is 0.356 e. The van der Waals surface area contributed by atoms with E-state index in [0.717, 1.165) is 49.4 Å². The van der Waals surface area contributed by atoms with Crippen LogP contribution < -0.4 is 5.32 Å². The van der Waals surface area contributed by atoms with Crippen LogP contribution in [0.3, 0.4) is 0 Å². The van der Waals surface area contributed by atoms with Gasteiger partial charge in [0.1, 0.15) is 0 Å². The monoisotopic (exact) mass is 372 g/mol. The van der Waals surface area contributed by atoms with Gasteiger partial charge in [0.15, 0.2) is 5.96 Å². The molecule has 1 aliphatic heterocycles. The van der Waals surface area contributed by atoms with Crippen LogP contribution in [0.1, 0.15) is 49.0 Å². The highest BCUT2D eigenvalue weighted by molar-refractivity contribution is 5.94. The molecule has 1 saturated heterocycles. The van der Waals surface area contributed by atoms with Crippen LogP contribution in [0.4, 0.5) is 0 Å². The second-order valence-electron chi connectivity index (χ2n) is 7.70. The van der Waals surface area contributed by atoms with Gasteiger partial charge in [0, 0.05) is 46.3 Å². The van der Waals surface area contributed by atoms with Crippen molar-refractivity contribution in [2.75, 3.05) is 40.8 Å². The van der Waals surface area contributed by atoms with Crippen molar-refractivity contribution in [1.29, 1.82) is 0 Å². The number of carbonyl (C=O) groups is 1. The fraction of sp³-hybridized carbons (Fsp3) is 0.636. The predicted octanol–water partition coefficient (Wildman–Crippen LogP) is 3.26. The average Bonchev–Trinajstić information content (AvgIpc) is 3.15. The lowest BCUT2D eigenvalue weighted by atomic mass is 9.87. The maximum atomic E-state index is 12.1. The third-order valence-corrected chi connectivity index (χ3v) is 5.73. The van der Waals surface area contributed by atoms with Crippen LogP contribution in [0.15, 0.2) is 29.3 Å². The van der Waals surface area contributed by atoms with Gasteiger partial charge in [-0.1, -0.05) is 38.8 Å². The molecule has 27 heavy (non-hydrogen) atoms. The fourth-order valence-corrected chi connectivity index (χ4v) is 4.09. The van der Waals surface area contributed by atoms with Gasteiger partial charge in [-0.3, -0.25) is 9.79 Å². The van der Waals surface area contributed by atoms with Gasteiger partial charge >= 0.3 is 0 Å². The summed E-state index contributed by atoms with van der Waals surface area (Å²) in [4.78, 5) is 20.6. The first-order valence-electron chi connectivity index (χ1n) is 10.3. The highest BCUT2D eigenvalue weighted by atomic mass is 16.2.